The molecule has 4 aliphatic heterocycles. The second-order valence-electron chi connectivity index (χ2n) is 20.1. The Balaban J connectivity index is 1.06. The van der Waals surface area contributed by atoms with E-state index < -0.39 is 174 Å². The van der Waals surface area contributed by atoms with Gasteiger partial charge in [0.05, 0.1) is 39.6 Å². The molecule has 0 saturated carbocycles. The highest BCUT2D eigenvalue weighted by Gasteiger charge is 2.50. The molecule has 27 nitrogen and oxygen atoms in total. The van der Waals surface area contributed by atoms with Crippen LogP contribution in [0.25, 0.3) is 6.08 Å². The lowest BCUT2D eigenvalue weighted by Gasteiger charge is -2.43. The maximum atomic E-state index is 13.0. The molecule has 1 aromatic carbocycles. The van der Waals surface area contributed by atoms with E-state index in [1.165, 1.54) is 58.2 Å². The summed E-state index contributed by atoms with van der Waals surface area (Å²) in [5.41, 5.74) is 2.25. The predicted molar refractivity (Wildman–Crippen MR) is 284 cm³/mol. The third-order valence-corrected chi connectivity index (χ3v) is 13.7. The van der Waals surface area contributed by atoms with Gasteiger partial charge in [0.1, 0.15) is 92.1 Å². The van der Waals surface area contributed by atoms with Crippen molar-refractivity contribution in [3.63, 3.8) is 0 Å². The fourth-order valence-corrected chi connectivity index (χ4v) is 8.46. The van der Waals surface area contributed by atoms with Crippen molar-refractivity contribution >= 4 is 24.0 Å². The number of rotatable bonds is 23. The first kappa shape index (κ1) is 68.2. The SMILES string of the molecule is COc1cc(/C=C/C(=O)OCC2O[C@@H](OCC3O[C@@H](OC(=O)/C(C)=C/C=C/C(C)=C/C=C/C=C(C)/C=C/C=C(\C)C(=O)O[C@@H]4OC(CO[C@@H]5OC(CO)[C@@H](O)[C@H](O)C5O)[C@@H](O)[C@H](O)C4C)C(O)[C@@H](O)[C@@H]3O)C(O)[C@@H](O)[C@@H]2O)cc(CO)c1O. The molecule has 462 valence electrons. The number of hydrogen-bond acceptors (Lipinski definition) is 27. The molecule has 0 aromatic heterocycles. The molecule has 4 heterocycles. The summed E-state index contributed by atoms with van der Waals surface area (Å²) in [6.07, 6.45) is -12.2. The highest BCUT2D eigenvalue weighted by Crippen LogP contribution is 2.33. The van der Waals surface area contributed by atoms with E-state index in [9.17, 15) is 85.9 Å². The molecule has 5 rings (SSSR count). The van der Waals surface area contributed by atoms with Gasteiger partial charge < -0.3 is 119 Å². The Kier molecular flexibility index (Phi) is 26.3. The Hall–Kier alpha value is -5.61. The number of benzene rings is 1. The summed E-state index contributed by atoms with van der Waals surface area (Å²) in [4.78, 5) is 38.6. The van der Waals surface area contributed by atoms with Gasteiger partial charge in [-0.2, -0.15) is 0 Å². The van der Waals surface area contributed by atoms with Crippen LogP contribution in [0.1, 0.15) is 45.7 Å². The number of methoxy groups -OCH3 is 1. The molecule has 4 fully saturated rings. The minimum atomic E-state index is -1.92. The largest absolute Gasteiger partial charge is 0.504 e. The number of phenols is 1. The maximum absolute atomic E-state index is 13.0. The lowest BCUT2D eigenvalue weighted by atomic mass is 9.92. The summed E-state index contributed by atoms with van der Waals surface area (Å²) in [7, 11) is 1.30. The zero-order chi connectivity index (χ0) is 61.4. The molecule has 83 heavy (non-hydrogen) atoms. The third kappa shape index (κ3) is 18.4. The molecular formula is C56H76O27. The summed E-state index contributed by atoms with van der Waals surface area (Å²) in [5.74, 6) is -3.79. The molecule has 0 radical (unpaired) electrons. The van der Waals surface area contributed by atoms with Crippen LogP contribution in [0, 0.1) is 5.92 Å². The van der Waals surface area contributed by atoms with Crippen molar-refractivity contribution in [3.8, 4) is 11.5 Å². The molecule has 1 aromatic rings. The molecule has 4 aliphatic rings. The van der Waals surface area contributed by atoms with Gasteiger partial charge in [-0.05, 0) is 51.5 Å². The first-order valence-corrected chi connectivity index (χ1v) is 26.3. The van der Waals surface area contributed by atoms with E-state index in [1.54, 1.807) is 55.5 Å². The summed E-state index contributed by atoms with van der Waals surface area (Å²) in [6.45, 7) is 4.97. The normalized spacial score (nSPS) is 35.1. The van der Waals surface area contributed by atoms with Gasteiger partial charge in [-0.1, -0.05) is 78.8 Å². The van der Waals surface area contributed by atoms with Gasteiger partial charge in [0.15, 0.2) is 24.1 Å². The van der Waals surface area contributed by atoms with Crippen molar-refractivity contribution in [1.29, 1.82) is 0 Å². The van der Waals surface area contributed by atoms with Crippen molar-refractivity contribution in [1.82, 2.24) is 0 Å². The first-order valence-electron chi connectivity index (χ1n) is 26.3. The van der Waals surface area contributed by atoms with Crippen LogP contribution >= 0.6 is 0 Å². The fourth-order valence-electron chi connectivity index (χ4n) is 8.46. The van der Waals surface area contributed by atoms with Crippen molar-refractivity contribution in [3.05, 3.63) is 112 Å². The zero-order valence-corrected chi connectivity index (χ0v) is 46.2. The summed E-state index contributed by atoms with van der Waals surface area (Å²) < 4.78 is 54.3. The number of aromatic hydroxyl groups is 1. The van der Waals surface area contributed by atoms with E-state index in [0.717, 1.165) is 17.2 Å². The number of esters is 3. The second kappa shape index (κ2) is 32.1. The molecular weight excluding hydrogens is 1100 g/mol. The number of carbonyl (C=O) groups is 3. The molecule has 20 atom stereocenters. The number of allylic oxidation sites excluding steroid dienone is 12. The van der Waals surface area contributed by atoms with Gasteiger partial charge in [-0.3, -0.25) is 0 Å². The molecule has 0 amide bonds. The highest BCUT2D eigenvalue weighted by molar-refractivity contribution is 5.89. The lowest BCUT2D eigenvalue weighted by molar-refractivity contribution is -0.326. The van der Waals surface area contributed by atoms with Gasteiger partial charge in [-0.15, -0.1) is 0 Å². The van der Waals surface area contributed by atoms with E-state index in [2.05, 4.69) is 0 Å². The zero-order valence-electron chi connectivity index (χ0n) is 46.2. The van der Waals surface area contributed by atoms with Crippen LogP contribution in [0.15, 0.2) is 101 Å². The smallest absolute Gasteiger partial charge is 0.336 e. The average molecular weight is 1180 g/mol. The monoisotopic (exact) mass is 1180 g/mol. The molecule has 14 N–H and O–H groups in total. The predicted octanol–water partition coefficient (Wildman–Crippen LogP) is -2.48. The second-order valence-corrected chi connectivity index (χ2v) is 20.1. The van der Waals surface area contributed by atoms with Gasteiger partial charge in [-0.25, -0.2) is 14.4 Å². The Morgan fingerprint density at radius 1 is 0.518 bits per heavy atom. The van der Waals surface area contributed by atoms with E-state index >= 15 is 0 Å². The quantitative estimate of drug-likeness (QED) is 0.0233. The van der Waals surface area contributed by atoms with Crippen molar-refractivity contribution in [2.75, 3.05) is 33.5 Å². The summed E-state index contributed by atoms with van der Waals surface area (Å²) in [6, 6.07) is 2.79. The first-order chi connectivity index (χ1) is 39.3. The van der Waals surface area contributed by atoms with E-state index in [4.69, 9.17) is 47.4 Å². The van der Waals surface area contributed by atoms with Gasteiger partial charge in [0.2, 0.25) is 12.6 Å². The van der Waals surface area contributed by atoms with Crippen LogP contribution in [-0.4, -0.2) is 240 Å². The van der Waals surface area contributed by atoms with E-state index in [1.807, 2.05) is 6.92 Å². The van der Waals surface area contributed by atoms with Gasteiger partial charge in [0, 0.05) is 28.7 Å². The van der Waals surface area contributed by atoms with Crippen LogP contribution in [0.2, 0.25) is 0 Å². The average Bonchev–Trinajstić information content (AvgIpc) is 3.67. The summed E-state index contributed by atoms with van der Waals surface area (Å²) in [5, 5.41) is 144. The Morgan fingerprint density at radius 3 is 1.45 bits per heavy atom. The lowest BCUT2D eigenvalue weighted by Crippen LogP contribution is -2.62. The highest BCUT2D eigenvalue weighted by atomic mass is 16.8. The summed E-state index contributed by atoms with van der Waals surface area (Å²) >= 11 is 0. The van der Waals surface area contributed by atoms with Crippen LogP contribution in [-0.2, 0) is 63.6 Å². The molecule has 4 saturated heterocycles. The number of carbonyl (C=O) groups excluding carboxylic acids is 3. The van der Waals surface area contributed by atoms with Crippen LogP contribution in [0.3, 0.4) is 0 Å². The minimum Gasteiger partial charge on any atom is -0.504 e. The van der Waals surface area contributed by atoms with Crippen molar-refractivity contribution < 1.29 is 133 Å². The number of aliphatic hydroxyl groups excluding tert-OH is 13. The topological polar surface area (TPSA) is 427 Å². The Morgan fingerprint density at radius 2 is 0.952 bits per heavy atom. The minimum absolute atomic E-state index is 0.0405. The molecule has 0 bridgehead atoms. The third-order valence-electron chi connectivity index (χ3n) is 13.7. The van der Waals surface area contributed by atoms with Crippen molar-refractivity contribution in [2.45, 2.75) is 158 Å². The Bertz CT molecular complexity index is 2540. The van der Waals surface area contributed by atoms with Gasteiger partial charge >= 0.3 is 17.9 Å². The van der Waals surface area contributed by atoms with Crippen LogP contribution in [0.4, 0.5) is 0 Å². The van der Waals surface area contributed by atoms with E-state index in [-0.39, 0.29) is 28.2 Å². The maximum Gasteiger partial charge on any atom is 0.336 e. The van der Waals surface area contributed by atoms with Gasteiger partial charge in [0.25, 0.3) is 0 Å². The molecule has 27 heteroatoms. The van der Waals surface area contributed by atoms with Crippen LogP contribution in [0.5, 0.6) is 11.5 Å². The number of ether oxygens (including phenoxy) is 10. The Labute approximate surface area is 477 Å². The standard InChI is InChI=1S/C56H76O27/c1-26(13-9-15-28(3)51(72)82-53-30(5)39(60)42(63)36(79-53)24-76-54-48(69)45(66)41(62)34(22-58)78-54)11-7-8-12-27(2)14-10-16-29(4)52(73)83-56-50(71)47(68)44(65)37(81-56)25-77-55-49(70)46(67)43(64)35(80-55)23-75-38(59)18-17-31-19-32(21-57)40(61)33(20-31)74-6/h7-20,30,34-37,39,41-50,53-58,60-71H,21-25H2,1-6H3/b8-7+,13-9+,14-10+,18-17+,26-11+,27-12+,28-15+,29-16+/t30?,34?,35?,36?,37?,39-,41-,42-,43-,44-,45+,46+,47+,48?,49?,50?,53+,54-,55-,56+/m1/s1. The molecule has 0 spiro atoms. The molecule has 8 unspecified atom stereocenters. The van der Waals surface area contributed by atoms with E-state index in [0.29, 0.717) is 5.56 Å². The number of aliphatic hydroxyl groups is 13. The molecule has 0 aliphatic carbocycles. The fraction of sp³-hybridized carbons (Fsp3) is 0.554. The van der Waals surface area contributed by atoms with Crippen molar-refractivity contribution in [2.24, 2.45) is 5.92 Å². The van der Waals surface area contributed by atoms with Crippen LogP contribution < -0.4 is 4.74 Å². The number of hydrogen-bond donors (Lipinski definition) is 14.